The number of aryl methyl sites for hydroxylation is 1. The van der Waals surface area contributed by atoms with Crippen LogP contribution in [-0.4, -0.2) is 13.0 Å². The normalized spacial score (nSPS) is 11.0. The summed E-state index contributed by atoms with van der Waals surface area (Å²) in [4.78, 5) is 12.7. The van der Waals surface area contributed by atoms with E-state index >= 15 is 0 Å². The molecule has 5 nitrogen and oxygen atoms in total. The van der Waals surface area contributed by atoms with Crippen LogP contribution in [0.4, 0.5) is 5.69 Å². The van der Waals surface area contributed by atoms with Crippen molar-refractivity contribution in [2.45, 2.75) is 20.5 Å². The first-order valence-electron chi connectivity index (χ1n) is 10.1. The molecule has 7 heteroatoms. The standard InChI is InChI=1S/C26H22BrClN2O3/c1-16-7-9-18(10-8-16)15-33-25-21(27)12-19(13-24(25)32-3)11-20(14-29)26(31)30-23-6-4-5-22(28)17(23)2/h4-13H,15H2,1-3H3,(H,30,31)/b20-11-. The Kier molecular flexibility index (Phi) is 8.16. The van der Waals surface area contributed by atoms with Crippen LogP contribution in [0.1, 0.15) is 22.3 Å². The number of anilines is 1. The van der Waals surface area contributed by atoms with Crippen LogP contribution >= 0.6 is 27.5 Å². The summed E-state index contributed by atoms with van der Waals surface area (Å²) in [5.41, 5.74) is 4.03. The third-order valence-electron chi connectivity index (χ3n) is 4.95. The molecule has 0 bridgehead atoms. The summed E-state index contributed by atoms with van der Waals surface area (Å²) >= 11 is 9.63. The Hall–Kier alpha value is -3.27. The number of hydrogen-bond donors (Lipinski definition) is 1. The maximum atomic E-state index is 12.7. The van der Waals surface area contributed by atoms with Gasteiger partial charge in [0.05, 0.1) is 11.6 Å². The van der Waals surface area contributed by atoms with Gasteiger partial charge in [-0.1, -0.05) is 47.5 Å². The lowest BCUT2D eigenvalue weighted by atomic mass is 10.1. The highest BCUT2D eigenvalue weighted by Crippen LogP contribution is 2.38. The zero-order valence-electron chi connectivity index (χ0n) is 18.4. The molecule has 168 valence electrons. The number of ether oxygens (including phenoxy) is 2. The summed E-state index contributed by atoms with van der Waals surface area (Å²) in [7, 11) is 1.54. The predicted octanol–water partition coefficient (Wildman–Crippen LogP) is 6.85. The molecular weight excluding hydrogens is 504 g/mol. The van der Waals surface area contributed by atoms with Crippen molar-refractivity contribution in [1.29, 1.82) is 5.26 Å². The Morgan fingerprint density at radius 1 is 1.18 bits per heavy atom. The molecule has 3 aromatic carbocycles. The predicted molar refractivity (Wildman–Crippen MR) is 135 cm³/mol. The highest BCUT2D eigenvalue weighted by molar-refractivity contribution is 9.10. The lowest BCUT2D eigenvalue weighted by Crippen LogP contribution is -2.14. The third-order valence-corrected chi connectivity index (χ3v) is 5.95. The van der Waals surface area contributed by atoms with Crippen molar-refractivity contribution in [2.24, 2.45) is 0 Å². The quantitative estimate of drug-likeness (QED) is 0.270. The molecule has 0 aliphatic carbocycles. The smallest absolute Gasteiger partial charge is 0.266 e. The molecule has 1 N–H and O–H groups in total. The monoisotopic (exact) mass is 524 g/mol. The molecule has 0 atom stereocenters. The second kappa shape index (κ2) is 11.0. The second-order valence-electron chi connectivity index (χ2n) is 7.34. The van der Waals surface area contributed by atoms with Crippen LogP contribution in [0.25, 0.3) is 6.08 Å². The maximum Gasteiger partial charge on any atom is 0.266 e. The highest BCUT2D eigenvalue weighted by atomic mass is 79.9. The van der Waals surface area contributed by atoms with Crippen molar-refractivity contribution in [3.05, 3.63) is 91.9 Å². The van der Waals surface area contributed by atoms with E-state index in [1.54, 1.807) is 37.3 Å². The molecule has 0 radical (unpaired) electrons. The molecule has 0 aliphatic heterocycles. The minimum atomic E-state index is -0.530. The number of nitrogens with zero attached hydrogens (tertiary/aromatic N) is 1. The zero-order chi connectivity index (χ0) is 24.0. The van der Waals surface area contributed by atoms with E-state index in [1.165, 1.54) is 18.7 Å². The van der Waals surface area contributed by atoms with E-state index in [-0.39, 0.29) is 5.57 Å². The number of amides is 1. The first kappa shape index (κ1) is 24.4. The van der Waals surface area contributed by atoms with Crippen molar-refractivity contribution >= 4 is 45.2 Å². The van der Waals surface area contributed by atoms with Crippen LogP contribution in [0.5, 0.6) is 11.5 Å². The highest BCUT2D eigenvalue weighted by Gasteiger charge is 2.15. The number of hydrogen-bond acceptors (Lipinski definition) is 4. The van der Waals surface area contributed by atoms with Gasteiger partial charge in [-0.25, -0.2) is 0 Å². The summed E-state index contributed by atoms with van der Waals surface area (Å²) in [5, 5.41) is 12.8. The van der Waals surface area contributed by atoms with Crippen molar-refractivity contribution in [2.75, 3.05) is 12.4 Å². The van der Waals surface area contributed by atoms with Gasteiger partial charge >= 0.3 is 0 Å². The number of carbonyl (C=O) groups excluding carboxylic acids is 1. The van der Waals surface area contributed by atoms with Gasteiger partial charge in [0, 0.05) is 10.7 Å². The molecule has 0 heterocycles. The van der Waals surface area contributed by atoms with Gasteiger partial charge in [0.1, 0.15) is 18.2 Å². The molecule has 3 rings (SSSR count). The Morgan fingerprint density at radius 2 is 1.91 bits per heavy atom. The van der Waals surface area contributed by atoms with Gasteiger partial charge in [-0.2, -0.15) is 5.26 Å². The molecule has 3 aromatic rings. The van der Waals surface area contributed by atoms with Crippen molar-refractivity contribution in [3.8, 4) is 17.6 Å². The van der Waals surface area contributed by atoms with Crippen LogP contribution in [0.15, 0.2) is 64.6 Å². The molecule has 33 heavy (non-hydrogen) atoms. The average Bonchev–Trinajstić information content (AvgIpc) is 2.80. The number of benzene rings is 3. The lowest BCUT2D eigenvalue weighted by Gasteiger charge is -2.14. The Bertz CT molecular complexity index is 1250. The number of nitrogens with one attached hydrogen (secondary N) is 1. The van der Waals surface area contributed by atoms with E-state index in [0.717, 1.165) is 11.1 Å². The molecular formula is C26H22BrClN2O3. The fourth-order valence-corrected chi connectivity index (χ4v) is 3.80. The van der Waals surface area contributed by atoms with Gasteiger partial charge < -0.3 is 14.8 Å². The third kappa shape index (κ3) is 6.16. The van der Waals surface area contributed by atoms with Gasteiger partial charge in [-0.15, -0.1) is 0 Å². The van der Waals surface area contributed by atoms with Crippen LogP contribution in [0.2, 0.25) is 5.02 Å². The van der Waals surface area contributed by atoms with Crippen molar-refractivity contribution < 1.29 is 14.3 Å². The van der Waals surface area contributed by atoms with E-state index in [9.17, 15) is 10.1 Å². The molecule has 0 unspecified atom stereocenters. The van der Waals surface area contributed by atoms with Gasteiger partial charge in [0.2, 0.25) is 0 Å². The van der Waals surface area contributed by atoms with Gasteiger partial charge in [0.25, 0.3) is 5.91 Å². The topological polar surface area (TPSA) is 71.3 Å². The average molecular weight is 526 g/mol. The molecule has 0 aliphatic rings. The Labute approximate surface area is 206 Å². The molecule has 1 amide bonds. The molecule has 0 fully saturated rings. The number of nitriles is 1. The van der Waals surface area contributed by atoms with Crippen LogP contribution in [0, 0.1) is 25.2 Å². The van der Waals surface area contributed by atoms with E-state index < -0.39 is 5.91 Å². The molecule has 0 aromatic heterocycles. The summed E-state index contributed by atoms with van der Waals surface area (Å²) in [6.45, 7) is 4.20. The fourth-order valence-electron chi connectivity index (χ4n) is 3.05. The van der Waals surface area contributed by atoms with Gasteiger partial charge in [-0.05, 0) is 76.8 Å². The van der Waals surface area contributed by atoms with E-state index in [1.807, 2.05) is 37.3 Å². The lowest BCUT2D eigenvalue weighted by molar-refractivity contribution is -0.112. The second-order valence-corrected chi connectivity index (χ2v) is 8.61. The van der Waals surface area contributed by atoms with Crippen molar-refractivity contribution in [1.82, 2.24) is 0 Å². The summed E-state index contributed by atoms with van der Waals surface area (Å²) in [6, 6.07) is 18.7. The SMILES string of the molecule is COc1cc(/C=C(/C#N)C(=O)Nc2cccc(Cl)c2C)cc(Br)c1OCc1ccc(C)cc1. The summed E-state index contributed by atoms with van der Waals surface area (Å²) in [5.74, 6) is 0.483. The molecule has 0 saturated heterocycles. The minimum absolute atomic E-state index is 0.0587. The fraction of sp³-hybridized carbons (Fsp3) is 0.154. The van der Waals surface area contributed by atoms with E-state index in [2.05, 4.69) is 21.2 Å². The molecule has 0 spiro atoms. The Morgan fingerprint density at radius 3 is 2.58 bits per heavy atom. The zero-order valence-corrected chi connectivity index (χ0v) is 20.8. The minimum Gasteiger partial charge on any atom is -0.493 e. The van der Waals surface area contributed by atoms with Crippen LogP contribution in [-0.2, 0) is 11.4 Å². The number of halogens is 2. The molecule has 0 saturated carbocycles. The van der Waals surface area contributed by atoms with Crippen molar-refractivity contribution in [3.63, 3.8) is 0 Å². The largest absolute Gasteiger partial charge is 0.493 e. The van der Waals surface area contributed by atoms with Crippen LogP contribution < -0.4 is 14.8 Å². The van der Waals surface area contributed by atoms with Gasteiger partial charge in [0.15, 0.2) is 11.5 Å². The number of rotatable bonds is 7. The maximum absolute atomic E-state index is 12.7. The van der Waals surface area contributed by atoms with Gasteiger partial charge in [-0.3, -0.25) is 4.79 Å². The van der Waals surface area contributed by atoms with E-state index in [0.29, 0.717) is 38.9 Å². The summed E-state index contributed by atoms with van der Waals surface area (Å²) in [6.07, 6.45) is 1.49. The summed E-state index contributed by atoms with van der Waals surface area (Å²) < 4.78 is 12.1. The Balaban J connectivity index is 1.83. The number of carbonyl (C=O) groups is 1. The van der Waals surface area contributed by atoms with E-state index in [4.69, 9.17) is 21.1 Å². The number of methoxy groups -OCH3 is 1. The van der Waals surface area contributed by atoms with Crippen LogP contribution in [0.3, 0.4) is 0 Å². The first-order valence-corrected chi connectivity index (χ1v) is 11.2. The first-order chi connectivity index (χ1) is 15.8.